The smallest absolute Gasteiger partial charge is 0.416 e. The molecule has 33 heavy (non-hydrogen) atoms. The van der Waals surface area contributed by atoms with E-state index in [9.17, 15) is 18.0 Å². The number of nitrogens with zero attached hydrogens (tertiary/aromatic N) is 3. The summed E-state index contributed by atoms with van der Waals surface area (Å²) >= 11 is 0. The van der Waals surface area contributed by atoms with Crippen LogP contribution in [0, 0.1) is 11.8 Å². The summed E-state index contributed by atoms with van der Waals surface area (Å²) in [6, 6.07) is 11.8. The Morgan fingerprint density at radius 1 is 1.15 bits per heavy atom. The molecule has 0 radical (unpaired) electrons. The highest BCUT2D eigenvalue weighted by Gasteiger charge is 2.30. The molecule has 0 aliphatic rings. The Kier molecular flexibility index (Phi) is 6.18. The van der Waals surface area contributed by atoms with Gasteiger partial charge in [-0.25, -0.2) is 9.97 Å². The quantitative estimate of drug-likeness (QED) is 0.448. The maximum atomic E-state index is 12.8. The van der Waals surface area contributed by atoms with E-state index in [1.807, 2.05) is 6.92 Å². The molecule has 2 heterocycles. The van der Waals surface area contributed by atoms with Gasteiger partial charge in [0.25, 0.3) is 5.56 Å². The van der Waals surface area contributed by atoms with Gasteiger partial charge in [-0.1, -0.05) is 24.8 Å². The van der Waals surface area contributed by atoms with Crippen LogP contribution in [-0.2, 0) is 12.7 Å². The Labute approximate surface area is 187 Å². The first kappa shape index (κ1) is 22.1. The minimum absolute atomic E-state index is 0.0150. The molecule has 4 rings (SSSR count). The molecule has 0 aliphatic heterocycles. The molecule has 9 heteroatoms. The summed E-state index contributed by atoms with van der Waals surface area (Å²) in [5.41, 5.74) is 0.812. The fraction of sp³-hybridized carbons (Fsp3) is 0.208. The Bertz CT molecular complexity index is 1390. The van der Waals surface area contributed by atoms with Crippen molar-refractivity contribution in [2.45, 2.75) is 26.1 Å². The van der Waals surface area contributed by atoms with Gasteiger partial charge in [-0.15, -0.1) is 0 Å². The number of aromatic nitrogens is 4. The standard InChI is InChI=1S/C24H19F3N4O2/c1-2-12-31-15-28-22-20(23(31)32)29-21(30-22)17-8-10-19(11-9-17)33-13-4-6-16-5-3-7-18(14-16)24(25,26)27/h3,5,7-11,14-15H,2,12-13H2,1H3,(H,29,30). The maximum Gasteiger partial charge on any atom is 0.416 e. The van der Waals surface area contributed by atoms with Crippen LogP contribution in [0.15, 0.2) is 59.7 Å². The number of halogens is 3. The number of aryl methyl sites for hydroxylation is 1. The molecule has 0 saturated heterocycles. The molecule has 1 N–H and O–H groups in total. The number of hydrogen-bond donors (Lipinski definition) is 1. The highest BCUT2D eigenvalue weighted by Crippen LogP contribution is 2.29. The van der Waals surface area contributed by atoms with Gasteiger partial charge in [0.1, 0.15) is 24.5 Å². The van der Waals surface area contributed by atoms with Gasteiger partial charge in [-0.3, -0.25) is 9.36 Å². The van der Waals surface area contributed by atoms with Crippen LogP contribution < -0.4 is 10.3 Å². The average molecular weight is 452 g/mol. The number of imidazole rings is 1. The molecule has 6 nitrogen and oxygen atoms in total. The molecule has 0 spiro atoms. The zero-order valence-electron chi connectivity index (χ0n) is 17.6. The first-order chi connectivity index (χ1) is 15.8. The van der Waals surface area contributed by atoms with Crippen molar-refractivity contribution in [3.05, 3.63) is 76.3 Å². The molecular weight excluding hydrogens is 433 g/mol. The predicted molar refractivity (Wildman–Crippen MR) is 118 cm³/mol. The highest BCUT2D eigenvalue weighted by atomic mass is 19.4. The van der Waals surface area contributed by atoms with Crippen molar-refractivity contribution in [3.63, 3.8) is 0 Å². The van der Waals surface area contributed by atoms with Gasteiger partial charge < -0.3 is 9.72 Å². The van der Waals surface area contributed by atoms with Crippen molar-refractivity contribution in [1.29, 1.82) is 0 Å². The number of hydrogen-bond acceptors (Lipinski definition) is 4. The summed E-state index contributed by atoms with van der Waals surface area (Å²) in [5.74, 6) is 6.43. The number of ether oxygens (including phenoxy) is 1. The third kappa shape index (κ3) is 5.06. The maximum absolute atomic E-state index is 12.8. The fourth-order valence-corrected chi connectivity index (χ4v) is 3.20. The minimum Gasteiger partial charge on any atom is -0.481 e. The first-order valence-corrected chi connectivity index (χ1v) is 10.2. The Morgan fingerprint density at radius 2 is 1.94 bits per heavy atom. The molecule has 4 aromatic rings. The molecule has 0 aliphatic carbocycles. The lowest BCUT2D eigenvalue weighted by molar-refractivity contribution is -0.137. The van der Waals surface area contributed by atoms with Gasteiger partial charge in [0, 0.05) is 17.7 Å². The van der Waals surface area contributed by atoms with Crippen LogP contribution in [0.5, 0.6) is 5.75 Å². The van der Waals surface area contributed by atoms with Crippen molar-refractivity contribution in [1.82, 2.24) is 19.5 Å². The fourth-order valence-electron chi connectivity index (χ4n) is 3.20. The van der Waals surface area contributed by atoms with Gasteiger partial charge in [0.15, 0.2) is 11.2 Å². The molecule has 0 atom stereocenters. The summed E-state index contributed by atoms with van der Waals surface area (Å²) in [5, 5.41) is 0. The summed E-state index contributed by atoms with van der Waals surface area (Å²) in [4.78, 5) is 24.2. The number of nitrogens with one attached hydrogen (secondary N) is 1. The average Bonchev–Trinajstić information content (AvgIpc) is 3.24. The van der Waals surface area contributed by atoms with E-state index in [1.165, 1.54) is 18.5 Å². The van der Waals surface area contributed by atoms with E-state index in [2.05, 4.69) is 26.8 Å². The van der Waals surface area contributed by atoms with E-state index in [0.717, 1.165) is 24.1 Å². The van der Waals surface area contributed by atoms with Gasteiger partial charge >= 0.3 is 6.18 Å². The molecule has 2 aromatic heterocycles. The number of H-pyrrole nitrogens is 1. The largest absolute Gasteiger partial charge is 0.481 e. The van der Waals surface area contributed by atoms with Crippen molar-refractivity contribution in [3.8, 4) is 29.0 Å². The van der Waals surface area contributed by atoms with Crippen LogP contribution in [0.1, 0.15) is 24.5 Å². The van der Waals surface area contributed by atoms with Crippen LogP contribution in [-0.4, -0.2) is 26.1 Å². The summed E-state index contributed by atoms with van der Waals surface area (Å²) in [6.45, 7) is 2.58. The zero-order chi connectivity index (χ0) is 23.4. The molecule has 0 bridgehead atoms. The van der Waals surface area contributed by atoms with Gasteiger partial charge in [-0.05, 0) is 48.9 Å². The second-order valence-electron chi connectivity index (χ2n) is 7.22. The van der Waals surface area contributed by atoms with Crippen LogP contribution in [0.3, 0.4) is 0 Å². The Hall–Kier alpha value is -4.06. The Balaban J connectivity index is 1.43. The normalized spacial score (nSPS) is 11.3. The lowest BCUT2D eigenvalue weighted by Gasteiger charge is -2.06. The van der Waals surface area contributed by atoms with Gasteiger partial charge in [0.2, 0.25) is 0 Å². The third-order valence-corrected chi connectivity index (χ3v) is 4.80. The predicted octanol–water partition coefficient (Wildman–Crippen LogP) is 4.65. The SMILES string of the molecule is CCCn1cnc2nc(-c3ccc(OCC#Cc4cccc(C(F)(F)F)c4)cc3)[nH]c2c1=O. The second-order valence-corrected chi connectivity index (χ2v) is 7.22. The summed E-state index contributed by atoms with van der Waals surface area (Å²) < 4.78 is 45.4. The van der Waals surface area contributed by atoms with E-state index in [-0.39, 0.29) is 17.7 Å². The molecule has 0 unspecified atom stereocenters. The zero-order valence-corrected chi connectivity index (χ0v) is 17.6. The van der Waals surface area contributed by atoms with Crippen LogP contribution in [0.2, 0.25) is 0 Å². The van der Waals surface area contributed by atoms with E-state index in [0.29, 0.717) is 29.3 Å². The van der Waals surface area contributed by atoms with Gasteiger partial charge in [-0.2, -0.15) is 13.2 Å². The molecule has 0 amide bonds. The lowest BCUT2D eigenvalue weighted by Crippen LogP contribution is -2.20. The van der Waals surface area contributed by atoms with Crippen molar-refractivity contribution in [2.24, 2.45) is 0 Å². The molecule has 0 saturated carbocycles. The van der Waals surface area contributed by atoms with E-state index < -0.39 is 11.7 Å². The lowest BCUT2D eigenvalue weighted by atomic mass is 10.1. The number of alkyl halides is 3. The highest BCUT2D eigenvalue weighted by molar-refractivity contribution is 5.74. The molecular formula is C24H19F3N4O2. The third-order valence-electron chi connectivity index (χ3n) is 4.80. The van der Waals surface area contributed by atoms with Gasteiger partial charge in [0.05, 0.1) is 5.56 Å². The topological polar surface area (TPSA) is 72.8 Å². The number of aromatic amines is 1. The van der Waals surface area contributed by atoms with Crippen LogP contribution in [0.25, 0.3) is 22.6 Å². The summed E-state index contributed by atoms with van der Waals surface area (Å²) in [7, 11) is 0. The number of fused-ring (bicyclic) bond motifs is 1. The van der Waals surface area contributed by atoms with Crippen LogP contribution in [0.4, 0.5) is 13.2 Å². The van der Waals surface area contributed by atoms with E-state index in [4.69, 9.17) is 4.74 Å². The molecule has 168 valence electrons. The van der Waals surface area contributed by atoms with E-state index >= 15 is 0 Å². The number of rotatable bonds is 5. The monoisotopic (exact) mass is 452 g/mol. The molecule has 0 fully saturated rings. The second kappa shape index (κ2) is 9.20. The van der Waals surface area contributed by atoms with Crippen molar-refractivity contribution >= 4 is 11.2 Å². The van der Waals surface area contributed by atoms with Crippen molar-refractivity contribution < 1.29 is 17.9 Å². The number of benzene rings is 2. The van der Waals surface area contributed by atoms with Crippen molar-refractivity contribution in [2.75, 3.05) is 6.61 Å². The summed E-state index contributed by atoms with van der Waals surface area (Å²) in [6.07, 6.45) is -2.09. The molecule has 2 aromatic carbocycles. The van der Waals surface area contributed by atoms with E-state index in [1.54, 1.807) is 28.8 Å². The van der Waals surface area contributed by atoms with Crippen LogP contribution >= 0.6 is 0 Å². The minimum atomic E-state index is -4.41. The first-order valence-electron chi connectivity index (χ1n) is 10.2. The Morgan fingerprint density at radius 3 is 2.67 bits per heavy atom.